The number of furan rings is 1. The lowest BCUT2D eigenvalue weighted by Gasteiger charge is -2.17. The van der Waals surface area contributed by atoms with Gasteiger partial charge in [-0.1, -0.05) is 13.8 Å². The molecule has 0 saturated carbocycles. The highest BCUT2D eigenvalue weighted by Crippen LogP contribution is 2.19. The van der Waals surface area contributed by atoms with Crippen LogP contribution in [0.25, 0.3) is 0 Å². The highest BCUT2D eigenvalue weighted by atomic mass is 16.4. The van der Waals surface area contributed by atoms with Crippen molar-refractivity contribution in [2.75, 3.05) is 6.54 Å². The molecule has 2 atom stereocenters. The first-order valence-electron chi connectivity index (χ1n) is 5.19. The molecule has 0 aliphatic rings. The van der Waals surface area contributed by atoms with Crippen LogP contribution in [0.5, 0.6) is 0 Å². The van der Waals surface area contributed by atoms with E-state index in [-0.39, 0.29) is 6.04 Å². The van der Waals surface area contributed by atoms with Gasteiger partial charge >= 0.3 is 0 Å². The van der Waals surface area contributed by atoms with Crippen LogP contribution in [0, 0.1) is 0 Å². The summed E-state index contributed by atoms with van der Waals surface area (Å²) in [5.41, 5.74) is 0. The molecular formula is C11H19NO2. The van der Waals surface area contributed by atoms with Gasteiger partial charge in [-0.3, -0.25) is 0 Å². The van der Waals surface area contributed by atoms with Crippen molar-refractivity contribution >= 4 is 0 Å². The number of hydrogen-bond acceptors (Lipinski definition) is 3. The zero-order valence-electron chi connectivity index (χ0n) is 9.08. The molecular weight excluding hydrogens is 178 g/mol. The minimum atomic E-state index is -0.560. The number of likely N-dealkylation sites (N-methyl/N-ethyl adjacent to an activating group) is 1. The second-order valence-electron chi connectivity index (χ2n) is 3.45. The molecule has 2 N–H and O–H groups in total. The zero-order valence-corrected chi connectivity index (χ0v) is 9.08. The van der Waals surface area contributed by atoms with Gasteiger partial charge in [0.15, 0.2) is 0 Å². The Morgan fingerprint density at radius 2 is 2.14 bits per heavy atom. The highest BCUT2D eigenvalue weighted by molar-refractivity contribution is 5.10. The first-order valence-corrected chi connectivity index (χ1v) is 5.19. The van der Waals surface area contributed by atoms with Crippen molar-refractivity contribution < 1.29 is 9.52 Å². The maximum absolute atomic E-state index is 9.87. The standard InChI is InChI=1S/C11H19NO2/c1-4-9-6-7-10(14-9)11(13)8(3)12-5-2/h6-8,11-13H,4-5H2,1-3H3. The lowest BCUT2D eigenvalue weighted by atomic mass is 10.1. The Bertz CT molecular complexity index is 270. The van der Waals surface area contributed by atoms with Crippen LogP contribution in [-0.2, 0) is 6.42 Å². The Hall–Kier alpha value is -0.800. The molecule has 0 aliphatic heterocycles. The molecule has 1 heterocycles. The molecule has 3 heteroatoms. The second-order valence-corrected chi connectivity index (χ2v) is 3.45. The number of hydrogen-bond donors (Lipinski definition) is 2. The Morgan fingerprint density at radius 3 is 2.64 bits per heavy atom. The van der Waals surface area contributed by atoms with Crippen molar-refractivity contribution in [2.24, 2.45) is 0 Å². The van der Waals surface area contributed by atoms with Gasteiger partial charge in [-0.15, -0.1) is 0 Å². The van der Waals surface area contributed by atoms with E-state index in [1.54, 1.807) is 0 Å². The van der Waals surface area contributed by atoms with Crippen molar-refractivity contribution in [3.8, 4) is 0 Å². The fourth-order valence-electron chi connectivity index (χ4n) is 1.42. The summed E-state index contributed by atoms with van der Waals surface area (Å²) >= 11 is 0. The summed E-state index contributed by atoms with van der Waals surface area (Å²) in [4.78, 5) is 0. The fourth-order valence-corrected chi connectivity index (χ4v) is 1.42. The molecule has 3 nitrogen and oxygen atoms in total. The molecule has 1 aromatic heterocycles. The van der Waals surface area contributed by atoms with Crippen molar-refractivity contribution in [3.05, 3.63) is 23.7 Å². The maximum atomic E-state index is 9.87. The molecule has 1 aromatic rings. The van der Waals surface area contributed by atoms with Gasteiger partial charge in [0.2, 0.25) is 0 Å². The van der Waals surface area contributed by atoms with Crippen LogP contribution in [0.2, 0.25) is 0 Å². The van der Waals surface area contributed by atoms with Gasteiger partial charge in [0.05, 0.1) is 0 Å². The van der Waals surface area contributed by atoms with Crippen LogP contribution >= 0.6 is 0 Å². The molecule has 0 aliphatic carbocycles. The van der Waals surface area contributed by atoms with Crippen LogP contribution in [0.4, 0.5) is 0 Å². The van der Waals surface area contributed by atoms with Crippen LogP contribution in [0.1, 0.15) is 38.4 Å². The molecule has 1 rings (SSSR count). The number of aryl methyl sites for hydroxylation is 1. The third-order valence-electron chi connectivity index (χ3n) is 2.32. The lowest BCUT2D eigenvalue weighted by Crippen LogP contribution is -2.31. The van der Waals surface area contributed by atoms with Gasteiger partial charge < -0.3 is 14.8 Å². The first kappa shape index (κ1) is 11.3. The van der Waals surface area contributed by atoms with E-state index in [0.29, 0.717) is 5.76 Å². The van der Waals surface area contributed by atoms with E-state index in [2.05, 4.69) is 5.32 Å². The molecule has 0 aromatic carbocycles. The van der Waals surface area contributed by atoms with Gasteiger partial charge in [-0.05, 0) is 25.6 Å². The van der Waals surface area contributed by atoms with Crippen molar-refractivity contribution in [1.82, 2.24) is 5.32 Å². The summed E-state index contributed by atoms with van der Waals surface area (Å²) in [6, 6.07) is 3.78. The van der Waals surface area contributed by atoms with E-state index < -0.39 is 6.10 Å². The molecule has 2 unspecified atom stereocenters. The zero-order chi connectivity index (χ0) is 10.6. The van der Waals surface area contributed by atoms with Gasteiger partial charge in [-0.25, -0.2) is 0 Å². The van der Waals surface area contributed by atoms with E-state index in [9.17, 15) is 5.11 Å². The first-order chi connectivity index (χ1) is 6.69. The SMILES string of the molecule is CCNC(C)C(O)c1ccc(CC)o1. The van der Waals surface area contributed by atoms with Crippen LogP contribution in [-0.4, -0.2) is 17.7 Å². The van der Waals surface area contributed by atoms with Gasteiger partial charge in [0.1, 0.15) is 17.6 Å². The number of rotatable bonds is 5. The van der Waals surface area contributed by atoms with Crippen molar-refractivity contribution in [1.29, 1.82) is 0 Å². The summed E-state index contributed by atoms with van der Waals surface area (Å²) in [5.74, 6) is 1.57. The quantitative estimate of drug-likeness (QED) is 0.757. The third kappa shape index (κ3) is 2.59. The molecule has 14 heavy (non-hydrogen) atoms. The van der Waals surface area contributed by atoms with E-state index in [1.807, 2.05) is 32.9 Å². The Balaban J connectivity index is 2.63. The largest absolute Gasteiger partial charge is 0.463 e. The molecule has 0 amide bonds. The minimum absolute atomic E-state index is 0.0239. The van der Waals surface area contributed by atoms with Crippen LogP contribution in [0.15, 0.2) is 16.5 Å². The van der Waals surface area contributed by atoms with Gasteiger partial charge in [-0.2, -0.15) is 0 Å². The summed E-state index contributed by atoms with van der Waals surface area (Å²) in [5, 5.41) is 13.0. The smallest absolute Gasteiger partial charge is 0.134 e. The average molecular weight is 197 g/mol. The van der Waals surface area contributed by atoms with E-state index in [0.717, 1.165) is 18.7 Å². The number of aliphatic hydroxyl groups excluding tert-OH is 1. The number of nitrogens with one attached hydrogen (secondary N) is 1. The average Bonchev–Trinajstić information content (AvgIpc) is 2.65. The molecule has 0 fully saturated rings. The lowest BCUT2D eigenvalue weighted by molar-refractivity contribution is 0.111. The third-order valence-corrected chi connectivity index (χ3v) is 2.32. The van der Waals surface area contributed by atoms with Crippen LogP contribution < -0.4 is 5.32 Å². The van der Waals surface area contributed by atoms with Gasteiger partial charge in [0, 0.05) is 12.5 Å². The maximum Gasteiger partial charge on any atom is 0.134 e. The normalized spacial score (nSPS) is 15.4. The Labute approximate surface area is 85.1 Å². The molecule has 0 bridgehead atoms. The summed E-state index contributed by atoms with van der Waals surface area (Å²) < 4.78 is 5.47. The highest BCUT2D eigenvalue weighted by Gasteiger charge is 2.18. The minimum Gasteiger partial charge on any atom is -0.463 e. The Kier molecular flexibility index (Phi) is 4.17. The topological polar surface area (TPSA) is 45.4 Å². The summed E-state index contributed by atoms with van der Waals surface area (Å²) in [7, 11) is 0. The summed E-state index contributed by atoms with van der Waals surface area (Å²) in [6.45, 7) is 6.84. The second kappa shape index (κ2) is 5.17. The molecule has 80 valence electrons. The monoisotopic (exact) mass is 197 g/mol. The number of aliphatic hydroxyl groups is 1. The van der Waals surface area contributed by atoms with Crippen molar-refractivity contribution in [3.63, 3.8) is 0 Å². The Morgan fingerprint density at radius 1 is 1.43 bits per heavy atom. The predicted octanol–water partition coefficient (Wildman–Crippen LogP) is 1.87. The fraction of sp³-hybridized carbons (Fsp3) is 0.636. The molecule has 0 spiro atoms. The van der Waals surface area contributed by atoms with E-state index >= 15 is 0 Å². The van der Waals surface area contributed by atoms with Gasteiger partial charge in [0.25, 0.3) is 0 Å². The predicted molar refractivity (Wildman–Crippen MR) is 56.2 cm³/mol. The molecule has 0 radical (unpaired) electrons. The van der Waals surface area contributed by atoms with E-state index in [4.69, 9.17) is 4.42 Å². The van der Waals surface area contributed by atoms with Crippen molar-refractivity contribution in [2.45, 2.75) is 39.3 Å². The van der Waals surface area contributed by atoms with Crippen LogP contribution in [0.3, 0.4) is 0 Å². The summed E-state index contributed by atoms with van der Waals surface area (Å²) in [6.07, 6.45) is 0.303. The molecule has 0 saturated heterocycles. The van der Waals surface area contributed by atoms with E-state index in [1.165, 1.54) is 0 Å².